The molecule has 86 valence electrons. The predicted octanol–water partition coefficient (Wildman–Crippen LogP) is 2.80. The lowest BCUT2D eigenvalue weighted by atomic mass is 9.99. The van der Waals surface area contributed by atoms with Crippen molar-refractivity contribution in [1.29, 1.82) is 0 Å². The van der Waals surface area contributed by atoms with Crippen LogP contribution in [0.4, 0.5) is 4.79 Å². The SMILES string of the molecule is CC1N(C(=O)OC(C)(C)C)CCC12CC2. The number of nitrogens with zero attached hydrogens (tertiary/aromatic N) is 1. The first kappa shape index (κ1) is 10.8. The number of carbonyl (C=O) groups is 1. The van der Waals surface area contributed by atoms with Crippen molar-refractivity contribution in [2.75, 3.05) is 6.54 Å². The van der Waals surface area contributed by atoms with Gasteiger partial charge in [-0.15, -0.1) is 0 Å². The normalized spacial score (nSPS) is 28.3. The number of hydrogen-bond acceptors (Lipinski definition) is 2. The Morgan fingerprint density at radius 1 is 1.33 bits per heavy atom. The number of hydrogen-bond donors (Lipinski definition) is 0. The van der Waals surface area contributed by atoms with Crippen LogP contribution in [0.15, 0.2) is 0 Å². The van der Waals surface area contributed by atoms with Crippen LogP contribution in [0.2, 0.25) is 0 Å². The van der Waals surface area contributed by atoms with E-state index in [9.17, 15) is 4.79 Å². The van der Waals surface area contributed by atoms with Crippen LogP contribution in [0, 0.1) is 5.41 Å². The largest absolute Gasteiger partial charge is 0.444 e. The van der Waals surface area contributed by atoms with Gasteiger partial charge in [0.1, 0.15) is 5.60 Å². The lowest BCUT2D eigenvalue weighted by Crippen LogP contribution is -2.40. The Bertz CT molecular complexity index is 276. The molecule has 1 saturated carbocycles. The highest BCUT2D eigenvalue weighted by Crippen LogP contribution is 2.56. The van der Waals surface area contributed by atoms with Gasteiger partial charge in [0.15, 0.2) is 0 Å². The molecule has 1 heterocycles. The molecule has 0 aromatic heterocycles. The lowest BCUT2D eigenvalue weighted by molar-refractivity contribution is 0.0217. The average Bonchev–Trinajstić information content (AvgIpc) is 2.74. The summed E-state index contributed by atoms with van der Waals surface area (Å²) >= 11 is 0. The van der Waals surface area contributed by atoms with Crippen LogP contribution < -0.4 is 0 Å². The zero-order valence-electron chi connectivity index (χ0n) is 10.2. The van der Waals surface area contributed by atoms with E-state index in [0.29, 0.717) is 11.5 Å². The van der Waals surface area contributed by atoms with Gasteiger partial charge in [0, 0.05) is 12.6 Å². The summed E-state index contributed by atoms with van der Waals surface area (Å²) in [6.07, 6.45) is 3.59. The third kappa shape index (κ3) is 1.97. The molecule has 2 aliphatic rings. The molecule has 0 aromatic carbocycles. The molecule has 0 radical (unpaired) electrons. The molecule has 2 rings (SSSR count). The molecule has 1 spiro atoms. The van der Waals surface area contributed by atoms with Gasteiger partial charge in [0.25, 0.3) is 0 Å². The molecule has 1 atom stereocenters. The standard InChI is InChI=1S/C12H21NO2/c1-9-12(5-6-12)7-8-13(9)10(14)15-11(2,3)4/h9H,5-8H2,1-4H3. The van der Waals surface area contributed by atoms with Crippen LogP contribution in [0.3, 0.4) is 0 Å². The van der Waals surface area contributed by atoms with Crippen molar-refractivity contribution in [3.8, 4) is 0 Å². The first-order chi connectivity index (χ1) is 6.84. The van der Waals surface area contributed by atoms with Crippen molar-refractivity contribution < 1.29 is 9.53 Å². The van der Waals surface area contributed by atoms with Crippen LogP contribution in [-0.2, 0) is 4.74 Å². The molecule has 0 bridgehead atoms. The van der Waals surface area contributed by atoms with E-state index in [1.165, 1.54) is 12.8 Å². The predicted molar refractivity (Wildman–Crippen MR) is 58.7 cm³/mol. The number of amides is 1. The van der Waals surface area contributed by atoms with E-state index in [4.69, 9.17) is 4.74 Å². The molecule has 1 saturated heterocycles. The number of ether oxygens (including phenoxy) is 1. The number of carbonyl (C=O) groups excluding carboxylic acids is 1. The second kappa shape index (κ2) is 3.13. The Hall–Kier alpha value is -0.730. The topological polar surface area (TPSA) is 29.5 Å². The average molecular weight is 211 g/mol. The van der Waals surface area contributed by atoms with Crippen molar-refractivity contribution in [2.45, 2.75) is 58.6 Å². The molecular weight excluding hydrogens is 190 g/mol. The highest BCUT2D eigenvalue weighted by Gasteiger charge is 2.55. The summed E-state index contributed by atoms with van der Waals surface area (Å²) in [5, 5.41) is 0. The highest BCUT2D eigenvalue weighted by atomic mass is 16.6. The number of likely N-dealkylation sites (tertiary alicyclic amines) is 1. The van der Waals surface area contributed by atoms with E-state index in [2.05, 4.69) is 6.92 Å². The summed E-state index contributed by atoms with van der Waals surface area (Å²) < 4.78 is 5.40. The van der Waals surface area contributed by atoms with E-state index in [1.54, 1.807) is 0 Å². The zero-order chi connectivity index (χ0) is 11.3. The summed E-state index contributed by atoms with van der Waals surface area (Å²) in [6.45, 7) is 8.77. The lowest BCUT2D eigenvalue weighted by Gasteiger charge is -2.28. The van der Waals surface area contributed by atoms with Gasteiger partial charge in [0.2, 0.25) is 0 Å². The first-order valence-corrected chi connectivity index (χ1v) is 5.84. The highest BCUT2D eigenvalue weighted by molar-refractivity contribution is 5.69. The molecule has 3 heteroatoms. The Balaban J connectivity index is 1.97. The van der Waals surface area contributed by atoms with Crippen LogP contribution in [0.5, 0.6) is 0 Å². The number of rotatable bonds is 0. The van der Waals surface area contributed by atoms with Gasteiger partial charge in [-0.2, -0.15) is 0 Å². The van der Waals surface area contributed by atoms with Gasteiger partial charge in [0.05, 0.1) is 0 Å². The molecule has 2 fully saturated rings. The Kier molecular flexibility index (Phi) is 2.25. The van der Waals surface area contributed by atoms with Crippen molar-refractivity contribution in [3.05, 3.63) is 0 Å². The minimum absolute atomic E-state index is 0.140. The molecular formula is C12H21NO2. The van der Waals surface area contributed by atoms with E-state index in [0.717, 1.165) is 13.0 Å². The van der Waals surface area contributed by atoms with E-state index in [1.807, 2.05) is 25.7 Å². The smallest absolute Gasteiger partial charge is 0.410 e. The van der Waals surface area contributed by atoms with E-state index >= 15 is 0 Å². The van der Waals surface area contributed by atoms with Crippen molar-refractivity contribution in [2.24, 2.45) is 5.41 Å². The van der Waals surface area contributed by atoms with Crippen molar-refractivity contribution in [3.63, 3.8) is 0 Å². The monoisotopic (exact) mass is 211 g/mol. The molecule has 3 nitrogen and oxygen atoms in total. The fraction of sp³-hybridized carbons (Fsp3) is 0.917. The maximum atomic E-state index is 11.9. The molecule has 1 aliphatic carbocycles. The van der Waals surface area contributed by atoms with Gasteiger partial charge < -0.3 is 9.64 Å². The van der Waals surface area contributed by atoms with Gasteiger partial charge in [-0.3, -0.25) is 0 Å². The van der Waals surface area contributed by atoms with Gasteiger partial charge in [-0.25, -0.2) is 4.79 Å². The molecule has 0 N–H and O–H groups in total. The summed E-state index contributed by atoms with van der Waals surface area (Å²) in [6, 6.07) is 0.368. The van der Waals surface area contributed by atoms with Gasteiger partial charge in [-0.1, -0.05) is 0 Å². The van der Waals surface area contributed by atoms with Crippen LogP contribution in [0.1, 0.15) is 47.0 Å². The van der Waals surface area contributed by atoms with Crippen molar-refractivity contribution in [1.82, 2.24) is 4.90 Å². The second-order valence-electron chi connectivity index (χ2n) is 5.96. The molecule has 1 amide bonds. The molecule has 15 heavy (non-hydrogen) atoms. The second-order valence-corrected chi connectivity index (χ2v) is 5.96. The summed E-state index contributed by atoms with van der Waals surface area (Å²) in [4.78, 5) is 13.8. The summed E-state index contributed by atoms with van der Waals surface area (Å²) in [7, 11) is 0. The Morgan fingerprint density at radius 3 is 2.33 bits per heavy atom. The van der Waals surface area contributed by atoms with Crippen LogP contribution in [-0.4, -0.2) is 29.2 Å². The minimum Gasteiger partial charge on any atom is -0.444 e. The summed E-state index contributed by atoms with van der Waals surface area (Å²) in [5.41, 5.74) is 0.0764. The Morgan fingerprint density at radius 2 is 1.93 bits per heavy atom. The van der Waals surface area contributed by atoms with E-state index in [-0.39, 0.29) is 11.7 Å². The van der Waals surface area contributed by atoms with Crippen LogP contribution in [0.25, 0.3) is 0 Å². The Labute approximate surface area is 91.8 Å². The third-order valence-corrected chi connectivity index (χ3v) is 3.72. The van der Waals surface area contributed by atoms with Crippen LogP contribution >= 0.6 is 0 Å². The van der Waals surface area contributed by atoms with Crippen molar-refractivity contribution >= 4 is 6.09 Å². The van der Waals surface area contributed by atoms with E-state index < -0.39 is 0 Å². The molecule has 1 aliphatic heterocycles. The minimum atomic E-state index is -0.379. The fourth-order valence-corrected chi connectivity index (χ4v) is 2.47. The first-order valence-electron chi connectivity index (χ1n) is 5.84. The molecule has 0 aromatic rings. The quantitative estimate of drug-likeness (QED) is 0.616. The maximum Gasteiger partial charge on any atom is 0.410 e. The fourth-order valence-electron chi connectivity index (χ4n) is 2.47. The molecule has 1 unspecified atom stereocenters. The van der Waals surface area contributed by atoms with Gasteiger partial charge >= 0.3 is 6.09 Å². The van der Waals surface area contributed by atoms with Gasteiger partial charge in [-0.05, 0) is 52.4 Å². The maximum absolute atomic E-state index is 11.9. The zero-order valence-corrected chi connectivity index (χ0v) is 10.2. The third-order valence-electron chi connectivity index (χ3n) is 3.72. The summed E-state index contributed by atoms with van der Waals surface area (Å²) in [5.74, 6) is 0.